The number of esters is 1. The zero-order valence-corrected chi connectivity index (χ0v) is 17.4. The fourth-order valence-electron chi connectivity index (χ4n) is 3.58. The van der Waals surface area contributed by atoms with Gasteiger partial charge in [0.15, 0.2) is 0 Å². The molecule has 0 unspecified atom stereocenters. The van der Waals surface area contributed by atoms with E-state index in [1.807, 2.05) is 42.5 Å². The van der Waals surface area contributed by atoms with Crippen molar-refractivity contribution in [3.63, 3.8) is 0 Å². The monoisotopic (exact) mass is 412 g/mol. The molecule has 0 radical (unpaired) electrons. The normalized spacial score (nSPS) is 13.9. The zero-order valence-electron chi connectivity index (χ0n) is 17.4. The highest BCUT2D eigenvalue weighted by atomic mass is 16.5. The average Bonchev–Trinajstić information content (AvgIpc) is 3.28. The zero-order chi connectivity index (χ0) is 21.6. The van der Waals surface area contributed by atoms with E-state index in [1.165, 1.54) is 7.11 Å². The second kappa shape index (κ2) is 9.33. The molecule has 1 aliphatic rings. The molecule has 1 saturated heterocycles. The lowest BCUT2D eigenvalue weighted by Crippen LogP contribution is -2.44. The predicted molar refractivity (Wildman–Crippen MR) is 124 cm³/mol. The van der Waals surface area contributed by atoms with Crippen LogP contribution in [0.15, 0.2) is 48.7 Å². The Hall–Kier alpha value is -3.82. The van der Waals surface area contributed by atoms with Gasteiger partial charge in [-0.15, -0.1) is 6.42 Å². The lowest BCUT2D eigenvalue weighted by Gasteiger charge is -2.28. The molecule has 0 atom stereocenters. The van der Waals surface area contributed by atoms with Gasteiger partial charge < -0.3 is 19.9 Å². The molecule has 0 spiro atoms. The molecule has 1 aromatic carbocycles. The molecule has 0 bridgehead atoms. The average molecular weight is 412 g/mol. The van der Waals surface area contributed by atoms with Crippen molar-refractivity contribution in [2.45, 2.75) is 0 Å². The molecule has 6 heteroatoms. The third-order valence-electron chi connectivity index (χ3n) is 5.26. The van der Waals surface area contributed by atoms with E-state index < -0.39 is 0 Å². The van der Waals surface area contributed by atoms with E-state index in [1.54, 1.807) is 18.3 Å². The number of anilines is 1. The van der Waals surface area contributed by atoms with Gasteiger partial charge in [0.1, 0.15) is 5.82 Å². The lowest BCUT2D eigenvalue weighted by molar-refractivity contribution is 0.0600. The highest BCUT2D eigenvalue weighted by Gasteiger charge is 2.17. The number of carbonyl (C=O) groups is 1. The minimum Gasteiger partial charge on any atom is -0.465 e. The van der Waals surface area contributed by atoms with Crippen molar-refractivity contribution in [1.29, 1.82) is 0 Å². The predicted octanol–water partition coefficient (Wildman–Crippen LogP) is 3.42. The summed E-state index contributed by atoms with van der Waals surface area (Å²) in [4.78, 5) is 21.8. The van der Waals surface area contributed by atoms with Crippen LogP contribution < -0.4 is 10.2 Å². The first-order valence-corrected chi connectivity index (χ1v) is 10.2. The van der Waals surface area contributed by atoms with Crippen molar-refractivity contribution >= 4 is 23.9 Å². The van der Waals surface area contributed by atoms with Gasteiger partial charge in [-0.25, -0.2) is 4.79 Å². The Morgan fingerprint density at radius 3 is 2.65 bits per heavy atom. The van der Waals surface area contributed by atoms with Gasteiger partial charge >= 0.3 is 5.97 Å². The standard InChI is InChI=1S/C25H24N4O2/c1-3-19-17-23(28-24(19)29-14-12-26-13-15-29)21-10-11-27-22(16-21)9-6-18-4-7-20(8-5-18)25(30)31-2/h1,4-11,16-17,26,28H,12-15H2,2H3/b9-6+. The Labute approximate surface area is 182 Å². The Kier molecular flexibility index (Phi) is 6.16. The maximum Gasteiger partial charge on any atom is 0.337 e. The first kappa shape index (κ1) is 20.5. The van der Waals surface area contributed by atoms with Crippen LogP contribution in [0, 0.1) is 12.3 Å². The number of benzene rings is 1. The molecular weight excluding hydrogens is 388 g/mol. The SMILES string of the molecule is C#Cc1cc(-c2ccnc(/C=C/c3ccc(C(=O)OC)cc3)c2)[nH]c1N1CCNCC1. The van der Waals surface area contributed by atoms with E-state index in [0.717, 1.165) is 60.1 Å². The van der Waals surface area contributed by atoms with Gasteiger partial charge in [-0.1, -0.05) is 24.1 Å². The van der Waals surface area contributed by atoms with Gasteiger partial charge in [-0.05, 0) is 42.0 Å². The third kappa shape index (κ3) is 4.68. The van der Waals surface area contributed by atoms with E-state index in [4.69, 9.17) is 11.2 Å². The summed E-state index contributed by atoms with van der Waals surface area (Å²) >= 11 is 0. The van der Waals surface area contributed by atoms with Crippen LogP contribution in [0.5, 0.6) is 0 Å². The summed E-state index contributed by atoms with van der Waals surface area (Å²) in [5.41, 5.74) is 5.19. The van der Waals surface area contributed by atoms with Crippen molar-refractivity contribution in [1.82, 2.24) is 15.3 Å². The van der Waals surface area contributed by atoms with E-state index in [2.05, 4.69) is 26.1 Å². The summed E-state index contributed by atoms with van der Waals surface area (Å²) in [6.45, 7) is 3.74. The molecule has 0 saturated carbocycles. The van der Waals surface area contributed by atoms with Crippen LogP contribution in [0.3, 0.4) is 0 Å². The van der Waals surface area contributed by atoms with Crippen LogP contribution in [0.1, 0.15) is 27.2 Å². The number of hydrogen-bond acceptors (Lipinski definition) is 5. The molecule has 0 aliphatic carbocycles. The van der Waals surface area contributed by atoms with Crippen LogP contribution >= 0.6 is 0 Å². The quantitative estimate of drug-likeness (QED) is 0.496. The van der Waals surface area contributed by atoms with Gasteiger partial charge in [0.05, 0.1) is 23.9 Å². The molecule has 1 fully saturated rings. The minimum absolute atomic E-state index is 0.345. The van der Waals surface area contributed by atoms with Crippen LogP contribution in [0.25, 0.3) is 23.4 Å². The Morgan fingerprint density at radius 1 is 1.16 bits per heavy atom. The summed E-state index contributed by atoms with van der Waals surface area (Å²) < 4.78 is 4.73. The molecule has 2 aromatic heterocycles. The van der Waals surface area contributed by atoms with Crippen molar-refractivity contribution in [3.05, 3.63) is 71.0 Å². The number of methoxy groups -OCH3 is 1. The van der Waals surface area contributed by atoms with Crippen LogP contribution in [-0.2, 0) is 4.74 Å². The summed E-state index contributed by atoms with van der Waals surface area (Å²) in [6.07, 6.45) is 11.5. The summed E-state index contributed by atoms with van der Waals surface area (Å²) in [7, 11) is 1.37. The number of rotatable bonds is 5. The molecule has 4 rings (SSSR count). The molecular formula is C25H24N4O2. The van der Waals surface area contributed by atoms with Gasteiger partial charge in [-0.2, -0.15) is 0 Å². The van der Waals surface area contributed by atoms with Gasteiger partial charge in [0, 0.05) is 43.6 Å². The van der Waals surface area contributed by atoms with Crippen molar-refractivity contribution in [2.24, 2.45) is 0 Å². The Bertz CT molecular complexity index is 1130. The molecule has 0 amide bonds. The highest BCUT2D eigenvalue weighted by molar-refractivity contribution is 5.89. The largest absolute Gasteiger partial charge is 0.465 e. The van der Waals surface area contributed by atoms with Gasteiger partial charge in [0.2, 0.25) is 0 Å². The maximum absolute atomic E-state index is 11.6. The minimum atomic E-state index is -0.345. The number of carbonyl (C=O) groups excluding carboxylic acids is 1. The van der Waals surface area contributed by atoms with E-state index in [0.29, 0.717) is 5.56 Å². The van der Waals surface area contributed by atoms with Gasteiger partial charge in [0.25, 0.3) is 0 Å². The molecule has 156 valence electrons. The van der Waals surface area contributed by atoms with E-state index in [-0.39, 0.29) is 5.97 Å². The number of piperazine rings is 1. The number of pyridine rings is 1. The number of H-pyrrole nitrogens is 1. The van der Waals surface area contributed by atoms with E-state index in [9.17, 15) is 4.79 Å². The third-order valence-corrected chi connectivity index (χ3v) is 5.26. The Morgan fingerprint density at radius 2 is 1.94 bits per heavy atom. The summed E-state index contributed by atoms with van der Waals surface area (Å²) in [5.74, 6) is 3.46. The number of terminal acetylenes is 1. The number of nitrogens with one attached hydrogen (secondary N) is 2. The summed E-state index contributed by atoms with van der Waals surface area (Å²) in [5, 5.41) is 3.36. The topological polar surface area (TPSA) is 70.2 Å². The highest BCUT2D eigenvalue weighted by Crippen LogP contribution is 2.28. The van der Waals surface area contributed by atoms with Crippen molar-refractivity contribution < 1.29 is 9.53 Å². The number of aromatic nitrogens is 2. The Balaban J connectivity index is 1.54. The summed E-state index contributed by atoms with van der Waals surface area (Å²) in [6, 6.07) is 13.2. The maximum atomic E-state index is 11.6. The first-order valence-electron chi connectivity index (χ1n) is 10.2. The van der Waals surface area contributed by atoms with Crippen LogP contribution in [0.4, 0.5) is 5.82 Å². The fourth-order valence-corrected chi connectivity index (χ4v) is 3.58. The molecule has 3 heterocycles. The van der Waals surface area contributed by atoms with Crippen LogP contribution in [0.2, 0.25) is 0 Å². The molecule has 31 heavy (non-hydrogen) atoms. The smallest absolute Gasteiger partial charge is 0.337 e. The molecule has 6 nitrogen and oxygen atoms in total. The second-order valence-corrected chi connectivity index (χ2v) is 7.24. The first-order chi connectivity index (χ1) is 15.2. The lowest BCUT2D eigenvalue weighted by atomic mass is 10.1. The van der Waals surface area contributed by atoms with Crippen molar-refractivity contribution in [2.75, 3.05) is 38.2 Å². The number of nitrogens with zero attached hydrogens (tertiary/aromatic N) is 2. The van der Waals surface area contributed by atoms with Gasteiger partial charge in [-0.3, -0.25) is 4.98 Å². The van der Waals surface area contributed by atoms with Crippen molar-refractivity contribution in [3.8, 4) is 23.6 Å². The second-order valence-electron chi connectivity index (χ2n) is 7.24. The molecule has 1 aliphatic heterocycles. The fraction of sp³-hybridized carbons (Fsp3) is 0.200. The van der Waals surface area contributed by atoms with E-state index >= 15 is 0 Å². The number of hydrogen-bond donors (Lipinski definition) is 2. The molecule has 3 aromatic rings. The molecule has 2 N–H and O–H groups in total. The van der Waals surface area contributed by atoms with Crippen LogP contribution in [-0.4, -0.2) is 49.2 Å². The number of aromatic amines is 1. The number of ether oxygens (including phenoxy) is 1.